The van der Waals surface area contributed by atoms with E-state index in [0.29, 0.717) is 6.61 Å². The van der Waals surface area contributed by atoms with Gasteiger partial charge in [0.25, 0.3) is 0 Å². The zero-order valence-corrected chi connectivity index (χ0v) is 11.6. The monoisotopic (exact) mass is 266 g/mol. The Hall–Kier alpha value is -1.40. The van der Waals surface area contributed by atoms with Gasteiger partial charge in [-0.15, -0.1) is 0 Å². The maximum Gasteiger partial charge on any atom is 0.227 e. The molecule has 1 aromatic heterocycles. The molecule has 106 valence electrons. The van der Waals surface area contributed by atoms with Crippen LogP contribution in [0.3, 0.4) is 0 Å². The highest BCUT2D eigenvalue weighted by atomic mass is 16.5. The minimum absolute atomic E-state index is 0.195. The van der Waals surface area contributed by atoms with Gasteiger partial charge in [0.2, 0.25) is 5.95 Å². The molecule has 2 rings (SSSR count). The highest BCUT2D eigenvalue weighted by molar-refractivity contribution is 5.41. The van der Waals surface area contributed by atoms with Crippen LogP contribution < -0.4 is 10.2 Å². The second-order valence-corrected chi connectivity index (χ2v) is 4.49. The molecule has 6 heteroatoms. The first-order valence-corrected chi connectivity index (χ1v) is 6.76. The number of hydrogen-bond donors (Lipinski definition) is 1. The number of nitrogens with zero attached hydrogens (tertiary/aromatic N) is 3. The third-order valence-corrected chi connectivity index (χ3v) is 3.07. The van der Waals surface area contributed by atoms with Gasteiger partial charge in [0.1, 0.15) is 5.82 Å². The van der Waals surface area contributed by atoms with Crippen LogP contribution in [0.15, 0.2) is 12.3 Å². The van der Waals surface area contributed by atoms with Crippen LogP contribution in [0.2, 0.25) is 0 Å². The fraction of sp³-hybridized carbons (Fsp3) is 0.692. The first-order valence-electron chi connectivity index (χ1n) is 6.76. The van der Waals surface area contributed by atoms with Crippen molar-refractivity contribution in [2.24, 2.45) is 0 Å². The highest BCUT2D eigenvalue weighted by Gasteiger charge is 2.22. The molecule has 0 spiro atoms. The predicted octanol–water partition coefficient (Wildman–Crippen LogP) is 1.15. The van der Waals surface area contributed by atoms with Gasteiger partial charge >= 0.3 is 0 Å². The topological polar surface area (TPSA) is 59.5 Å². The lowest BCUT2D eigenvalue weighted by molar-refractivity contribution is 0.0187. The van der Waals surface area contributed by atoms with Crippen LogP contribution in [-0.4, -0.2) is 56.0 Å². The molecule has 1 aromatic rings. The molecule has 6 nitrogen and oxygen atoms in total. The van der Waals surface area contributed by atoms with E-state index in [9.17, 15) is 0 Å². The Bertz CT molecular complexity index is 389. The molecule has 1 saturated heterocycles. The zero-order chi connectivity index (χ0) is 13.5. The number of morpholine rings is 1. The SMILES string of the molecule is CCNc1ccnc(N2CCOC(CCOC)C2)n1. The number of anilines is 2. The molecule has 0 amide bonds. The lowest BCUT2D eigenvalue weighted by Crippen LogP contribution is -2.43. The van der Waals surface area contributed by atoms with Gasteiger partial charge < -0.3 is 19.7 Å². The second kappa shape index (κ2) is 7.25. The average molecular weight is 266 g/mol. The van der Waals surface area contributed by atoms with Crippen LogP contribution in [0.1, 0.15) is 13.3 Å². The summed E-state index contributed by atoms with van der Waals surface area (Å²) in [6, 6.07) is 1.88. The van der Waals surface area contributed by atoms with Gasteiger partial charge in [-0.2, -0.15) is 4.98 Å². The summed E-state index contributed by atoms with van der Waals surface area (Å²) in [5.41, 5.74) is 0. The molecule has 2 heterocycles. The fourth-order valence-corrected chi connectivity index (χ4v) is 2.11. The Morgan fingerprint density at radius 2 is 2.47 bits per heavy atom. The standard InChI is InChI=1S/C13H22N4O2/c1-3-14-12-4-6-15-13(16-12)17-7-9-19-11(10-17)5-8-18-2/h4,6,11H,3,5,7-10H2,1-2H3,(H,14,15,16). The van der Waals surface area contributed by atoms with E-state index < -0.39 is 0 Å². The lowest BCUT2D eigenvalue weighted by Gasteiger charge is -2.33. The summed E-state index contributed by atoms with van der Waals surface area (Å²) >= 11 is 0. The van der Waals surface area contributed by atoms with Gasteiger partial charge in [-0.05, 0) is 19.4 Å². The van der Waals surface area contributed by atoms with Gasteiger partial charge in [0.05, 0.1) is 12.7 Å². The van der Waals surface area contributed by atoms with E-state index in [-0.39, 0.29) is 6.10 Å². The van der Waals surface area contributed by atoms with Gasteiger partial charge in [-0.3, -0.25) is 0 Å². The molecule has 1 unspecified atom stereocenters. The summed E-state index contributed by atoms with van der Waals surface area (Å²) in [6.45, 7) is 5.99. The normalized spacial score (nSPS) is 19.5. The molecular formula is C13H22N4O2. The van der Waals surface area contributed by atoms with Crippen molar-refractivity contribution in [2.75, 3.05) is 50.2 Å². The Kier molecular flexibility index (Phi) is 5.35. The van der Waals surface area contributed by atoms with Crippen molar-refractivity contribution >= 4 is 11.8 Å². The molecule has 0 saturated carbocycles. The molecule has 19 heavy (non-hydrogen) atoms. The number of aromatic nitrogens is 2. The van der Waals surface area contributed by atoms with E-state index in [4.69, 9.17) is 9.47 Å². The third-order valence-electron chi connectivity index (χ3n) is 3.07. The molecule has 1 atom stereocenters. The summed E-state index contributed by atoms with van der Waals surface area (Å²) in [5.74, 6) is 1.64. The van der Waals surface area contributed by atoms with E-state index in [0.717, 1.165) is 44.4 Å². The predicted molar refractivity (Wildman–Crippen MR) is 74.6 cm³/mol. The van der Waals surface area contributed by atoms with E-state index in [1.165, 1.54) is 0 Å². The quantitative estimate of drug-likeness (QED) is 0.833. The fourth-order valence-electron chi connectivity index (χ4n) is 2.11. The first-order chi connectivity index (χ1) is 9.33. The smallest absolute Gasteiger partial charge is 0.227 e. The largest absolute Gasteiger partial charge is 0.385 e. The Balaban J connectivity index is 1.98. The number of rotatable bonds is 6. The van der Waals surface area contributed by atoms with Crippen molar-refractivity contribution in [1.82, 2.24) is 9.97 Å². The third kappa shape index (κ3) is 4.04. The van der Waals surface area contributed by atoms with E-state index in [1.54, 1.807) is 13.3 Å². The van der Waals surface area contributed by atoms with Crippen molar-refractivity contribution in [1.29, 1.82) is 0 Å². The van der Waals surface area contributed by atoms with Gasteiger partial charge in [0.15, 0.2) is 0 Å². The van der Waals surface area contributed by atoms with Crippen molar-refractivity contribution in [3.8, 4) is 0 Å². The van der Waals surface area contributed by atoms with Crippen LogP contribution in [0, 0.1) is 0 Å². The molecule has 1 N–H and O–H groups in total. The molecular weight excluding hydrogens is 244 g/mol. The summed E-state index contributed by atoms with van der Waals surface area (Å²) in [4.78, 5) is 11.0. The van der Waals surface area contributed by atoms with Gasteiger partial charge in [-0.25, -0.2) is 4.98 Å². The average Bonchev–Trinajstić information content (AvgIpc) is 2.46. The van der Waals surface area contributed by atoms with Crippen molar-refractivity contribution in [3.63, 3.8) is 0 Å². The maximum absolute atomic E-state index is 5.72. The molecule has 0 aromatic carbocycles. The molecule has 0 bridgehead atoms. The zero-order valence-electron chi connectivity index (χ0n) is 11.6. The molecule has 1 aliphatic rings. The Labute approximate surface area is 114 Å². The van der Waals surface area contributed by atoms with Gasteiger partial charge in [0, 0.05) is 39.5 Å². The number of nitrogens with one attached hydrogen (secondary N) is 1. The van der Waals surface area contributed by atoms with Crippen LogP contribution in [-0.2, 0) is 9.47 Å². The first kappa shape index (κ1) is 14.0. The number of ether oxygens (including phenoxy) is 2. The van der Waals surface area contributed by atoms with Crippen molar-refractivity contribution in [3.05, 3.63) is 12.3 Å². The lowest BCUT2D eigenvalue weighted by atomic mass is 10.2. The summed E-state index contributed by atoms with van der Waals surface area (Å²) in [5, 5.41) is 3.20. The maximum atomic E-state index is 5.72. The second-order valence-electron chi connectivity index (χ2n) is 4.49. The summed E-state index contributed by atoms with van der Waals surface area (Å²) in [6.07, 6.45) is 2.89. The van der Waals surface area contributed by atoms with Crippen LogP contribution in [0.25, 0.3) is 0 Å². The molecule has 0 aliphatic carbocycles. The van der Waals surface area contributed by atoms with Crippen LogP contribution >= 0.6 is 0 Å². The van der Waals surface area contributed by atoms with E-state index >= 15 is 0 Å². The summed E-state index contributed by atoms with van der Waals surface area (Å²) in [7, 11) is 1.71. The molecule has 1 fully saturated rings. The highest BCUT2D eigenvalue weighted by Crippen LogP contribution is 2.16. The van der Waals surface area contributed by atoms with Crippen LogP contribution in [0.5, 0.6) is 0 Å². The van der Waals surface area contributed by atoms with E-state index in [1.807, 2.05) is 6.07 Å². The number of hydrogen-bond acceptors (Lipinski definition) is 6. The van der Waals surface area contributed by atoms with Crippen molar-refractivity contribution in [2.45, 2.75) is 19.4 Å². The minimum Gasteiger partial charge on any atom is -0.385 e. The minimum atomic E-state index is 0.195. The molecule has 0 radical (unpaired) electrons. The van der Waals surface area contributed by atoms with E-state index in [2.05, 4.69) is 27.1 Å². The van der Waals surface area contributed by atoms with Gasteiger partial charge in [-0.1, -0.05) is 0 Å². The molecule has 1 aliphatic heterocycles. The Morgan fingerprint density at radius 3 is 3.26 bits per heavy atom. The number of methoxy groups -OCH3 is 1. The van der Waals surface area contributed by atoms with Crippen LogP contribution in [0.4, 0.5) is 11.8 Å². The summed E-state index contributed by atoms with van der Waals surface area (Å²) < 4.78 is 10.8. The Morgan fingerprint density at radius 1 is 1.58 bits per heavy atom. The van der Waals surface area contributed by atoms with Crippen molar-refractivity contribution < 1.29 is 9.47 Å².